The molecule has 0 aliphatic heterocycles. The lowest BCUT2D eigenvalue weighted by Gasteiger charge is -2.05. The van der Waals surface area contributed by atoms with E-state index in [1.165, 1.54) is 15.3 Å². The smallest absolute Gasteiger partial charge is 0.0958 e. The van der Waals surface area contributed by atoms with E-state index in [0.29, 0.717) is 0 Å². The van der Waals surface area contributed by atoms with Crippen LogP contribution in [0.15, 0.2) is 42.7 Å². The van der Waals surface area contributed by atoms with Crippen molar-refractivity contribution in [2.75, 3.05) is 6.54 Å². The van der Waals surface area contributed by atoms with Crippen molar-refractivity contribution < 1.29 is 0 Å². The molecule has 3 aromatic rings. The second kappa shape index (κ2) is 5.55. The standard InChI is InChI=1S/C15H17N3S/c1-12-6-7-13(19-12)10-16-8-9-18-11-17-14-4-2-3-5-15(14)18/h2-7,11,16H,8-10H2,1H3. The molecular weight excluding hydrogens is 254 g/mol. The van der Waals surface area contributed by atoms with Gasteiger partial charge in [-0.25, -0.2) is 4.98 Å². The Morgan fingerprint density at radius 1 is 1.21 bits per heavy atom. The van der Waals surface area contributed by atoms with Crippen LogP contribution in [-0.4, -0.2) is 16.1 Å². The molecule has 0 spiro atoms. The first-order chi connectivity index (χ1) is 9.33. The Morgan fingerprint density at radius 3 is 2.95 bits per heavy atom. The summed E-state index contributed by atoms with van der Waals surface area (Å²) in [5, 5.41) is 3.48. The van der Waals surface area contributed by atoms with Gasteiger partial charge in [0.1, 0.15) is 0 Å². The summed E-state index contributed by atoms with van der Waals surface area (Å²) < 4.78 is 2.20. The lowest BCUT2D eigenvalue weighted by atomic mass is 10.3. The fourth-order valence-corrected chi connectivity index (χ4v) is 3.04. The van der Waals surface area contributed by atoms with E-state index in [4.69, 9.17) is 0 Å². The van der Waals surface area contributed by atoms with Crippen LogP contribution < -0.4 is 5.32 Å². The molecule has 3 nitrogen and oxygen atoms in total. The predicted molar refractivity (Wildman–Crippen MR) is 80.5 cm³/mol. The maximum absolute atomic E-state index is 4.40. The highest BCUT2D eigenvalue weighted by atomic mass is 32.1. The van der Waals surface area contributed by atoms with Crippen LogP contribution in [0.3, 0.4) is 0 Å². The lowest BCUT2D eigenvalue weighted by molar-refractivity contribution is 0.610. The Hall–Kier alpha value is -1.65. The number of rotatable bonds is 5. The summed E-state index contributed by atoms with van der Waals surface area (Å²) in [4.78, 5) is 7.17. The summed E-state index contributed by atoms with van der Waals surface area (Å²) in [7, 11) is 0. The Labute approximate surface area is 116 Å². The third-order valence-electron chi connectivity index (χ3n) is 3.15. The van der Waals surface area contributed by atoms with Gasteiger partial charge in [-0.3, -0.25) is 0 Å². The molecule has 98 valence electrons. The fraction of sp³-hybridized carbons (Fsp3) is 0.267. The zero-order valence-electron chi connectivity index (χ0n) is 11.0. The molecule has 0 aliphatic rings. The molecule has 0 fully saturated rings. The highest BCUT2D eigenvalue weighted by Gasteiger charge is 2.01. The van der Waals surface area contributed by atoms with Crippen molar-refractivity contribution in [1.29, 1.82) is 0 Å². The van der Waals surface area contributed by atoms with E-state index >= 15 is 0 Å². The highest BCUT2D eigenvalue weighted by molar-refractivity contribution is 7.11. The molecule has 0 unspecified atom stereocenters. The van der Waals surface area contributed by atoms with E-state index in [1.807, 2.05) is 29.8 Å². The average Bonchev–Trinajstić information content (AvgIpc) is 3.02. The van der Waals surface area contributed by atoms with Crippen molar-refractivity contribution in [2.45, 2.75) is 20.0 Å². The Balaban J connectivity index is 1.55. The number of para-hydroxylation sites is 2. The molecule has 19 heavy (non-hydrogen) atoms. The first kappa shape index (κ1) is 12.4. The molecule has 1 aromatic carbocycles. The molecule has 0 aliphatic carbocycles. The minimum Gasteiger partial charge on any atom is -0.329 e. The zero-order valence-corrected chi connectivity index (χ0v) is 11.8. The van der Waals surface area contributed by atoms with Crippen LogP contribution in [0.2, 0.25) is 0 Å². The second-order valence-corrected chi connectivity index (χ2v) is 5.99. The van der Waals surface area contributed by atoms with Gasteiger partial charge in [0.05, 0.1) is 17.4 Å². The van der Waals surface area contributed by atoms with Gasteiger partial charge in [-0.15, -0.1) is 11.3 Å². The van der Waals surface area contributed by atoms with Crippen molar-refractivity contribution in [2.24, 2.45) is 0 Å². The number of fused-ring (bicyclic) bond motifs is 1. The third kappa shape index (κ3) is 2.85. The Kier molecular flexibility index (Phi) is 3.62. The summed E-state index contributed by atoms with van der Waals surface area (Å²) in [6.07, 6.45) is 1.92. The largest absolute Gasteiger partial charge is 0.329 e. The van der Waals surface area contributed by atoms with Crippen LogP contribution in [0.1, 0.15) is 9.75 Å². The molecule has 2 aromatic heterocycles. The highest BCUT2D eigenvalue weighted by Crippen LogP contribution is 2.14. The number of thiophene rings is 1. The average molecular weight is 271 g/mol. The van der Waals surface area contributed by atoms with Crippen molar-refractivity contribution in [1.82, 2.24) is 14.9 Å². The summed E-state index contributed by atoms with van der Waals surface area (Å²) >= 11 is 1.86. The van der Waals surface area contributed by atoms with Crippen LogP contribution >= 0.6 is 11.3 Å². The molecule has 4 heteroatoms. The van der Waals surface area contributed by atoms with Crippen LogP contribution in [-0.2, 0) is 13.1 Å². The summed E-state index contributed by atoms with van der Waals surface area (Å²) in [6, 6.07) is 12.6. The van der Waals surface area contributed by atoms with Crippen molar-refractivity contribution in [3.63, 3.8) is 0 Å². The fourth-order valence-electron chi connectivity index (χ4n) is 2.18. The maximum atomic E-state index is 4.40. The van der Waals surface area contributed by atoms with E-state index in [9.17, 15) is 0 Å². The van der Waals surface area contributed by atoms with Crippen LogP contribution in [0.5, 0.6) is 0 Å². The first-order valence-electron chi connectivity index (χ1n) is 6.49. The monoisotopic (exact) mass is 271 g/mol. The van der Waals surface area contributed by atoms with Crippen molar-refractivity contribution in [3.8, 4) is 0 Å². The normalized spacial score (nSPS) is 11.2. The minimum atomic E-state index is 0.949. The number of imidazole rings is 1. The zero-order chi connectivity index (χ0) is 13.1. The SMILES string of the molecule is Cc1ccc(CNCCn2cnc3ccccc32)s1. The van der Waals surface area contributed by atoms with Gasteiger partial charge in [0.2, 0.25) is 0 Å². The van der Waals surface area contributed by atoms with Gasteiger partial charge in [0.15, 0.2) is 0 Å². The molecule has 0 bridgehead atoms. The number of aromatic nitrogens is 2. The molecule has 0 atom stereocenters. The van der Waals surface area contributed by atoms with Crippen molar-refractivity contribution in [3.05, 3.63) is 52.5 Å². The van der Waals surface area contributed by atoms with Gasteiger partial charge in [-0.1, -0.05) is 12.1 Å². The molecule has 1 N–H and O–H groups in total. The number of hydrogen-bond acceptors (Lipinski definition) is 3. The van der Waals surface area contributed by atoms with E-state index < -0.39 is 0 Å². The van der Waals surface area contributed by atoms with E-state index in [-0.39, 0.29) is 0 Å². The van der Waals surface area contributed by atoms with Gasteiger partial charge >= 0.3 is 0 Å². The summed E-state index contributed by atoms with van der Waals surface area (Å²) in [6.45, 7) is 5.00. The molecular formula is C15H17N3S. The lowest BCUT2D eigenvalue weighted by Crippen LogP contribution is -2.18. The third-order valence-corrected chi connectivity index (χ3v) is 4.15. The molecule has 0 radical (unpaired) electrons. The van der Waals surface area contributed by atoms with Crippen LogP contribution in [0.4, 0.5) is 0 Å². The number of aryl methyl sites for hydroxylation is 1. The Morgan fingerprint density at radius 2 is 2.11 bits per heavy atom. The minimum absolute atomic E-state index is 0.949. The number of benzene rings is 1. The predicted octanol–water partition coefficient (Wildman–Crippen LogP) is 3.20. The molecule has 2 heterocycles. The molecule has 0 amide bonds. The van der Waals surface area contributed by atoms with Crippen LogP contribution in [0, 0.1) is 6.92 Å². The van der Waals surface area contributed by atoms with E-state index in [0.717, 1.165) is 25.2 Å². The molecule has 0 saturated heterocycles. The number of hydrogen-bond donors (Lipinski definition) is 1. The van der Waals surface area contributed by atoms with Crippen LogP contribution in [0.25, 0.3) is 11.0 Å². The molecule has 3 rings (SSSR count). The first-order valence-corrected chi connectivity index (χ1v) is 7.30. The number of nitrogens with zero attached hydrogens (tertiary/aromatic N) is 2. The van der Waals surface area contributed by atoms with Gasteiger partial charge in [0, 0.05) is 29.4 Å². The van der Waals surface area contributed by atoms with Crippen molar-refractivity contribution >= 4 is 22.4 Å². The van der Waals surface area contributed by atoms with Gasteiger partial charge < -0.3 is 9.88 Å². The van der Waals surface area contributed by atoms with Gasteiger partial charge in [-0.05, 0) is 31.2 Å². The van der Waals surface area contributed by atoms with E-state index in [2.05, 4.69) is 46.1 Å². The van der Waals surface area contributed by atoms with E-state index in [1.54, 1.807) is 0 Å². The summed E-state index contributed by atoms with van der Waals surface area (Å²) in [5.74, 6) is 0. The summed E-state index contributed by atoms with van der Waals surface area (Å²) in [5.41, 5.74) is 2.27. The quantitative estimate of drug-likeness (QED) is 0.722. The topological polar surface area (TPSA) is 29.9 Å². The van der Waals surface area contributed by atoms with Gasteiger partial charge in [-0.2, -0.15) is 0 Å². The molecule has 0 saturated carbocycles. The second-order valence-electron chi connectivity index (χ2n) is 4.62. The number of nitrogens with one attached hydrogen (secondary N) is 1. The van der Waals surface area contributed by atoms with Gasteiger partial charge in [0.25, 0.3) is 0 Å². The maximum Gasteiger partial charge on any atom is 0.0958 e. The Bertz CT molecular complexity index is 669.